The first kappa shape index (κ1) is 9.23. The van der Waals surface area contributed by atoms with Crippen LogP contribution >= 0.6 is 0 Å². The first-order valence-electron chi connectivity index (χ1n) is 4.39. The molecule has 0 radical (unpaired) electrons. The average Bonchev–Trinajstić information content (AvgIpc) is 2.65. The van der Waals surface area contributed by atoms with Gasteiger partial charge < -0.3 is 9.16 Å². The van der Waals surface area contributed by atoms with E-state index in [2.05, 4.69) is 13.1 Å². The van der Waals surface area contributed by atoms with Gasteiger partial charge in [0.25, 0.3) is 0 Å². The number of hydrogen-bond acceptors (Lipinski definition) is 2. The minimum atomic E-state index is -1.45. The Labute approximate surface area is 70.0 Å². The van der Waals surface area contributed by atoms with Crippen molar-refractivity contribution in [3.8, 4) is 0 Å². The van der Waals surface area contributed by atoms with Gasteiger partial charge in [0, 0.05) is 6.61 Å². The molecule has 0 bridgehead atoms. The second-order valence-corrected chi connectivity index (χ2v) is 7.80. The summed E-state index contributed by atoms with van der Waals surface area (Å²) in [5.41, 5.74) is 0. The minimum Gasteiger partial charge on any atom is -0.415 e. The second kappa shape index (κ2) is 3.69. The van der Waals surface area contributed by atoms with Crippen molar-refractivity contribution in [3.05, 3.63) is 0 Å². The van der Waals surface area contributed by atoms with Crippen molar-refractivity contribution >= 4 is 8.32 Å². The van der Waals surface area contributed by atoms with Gasteiger partial charge in [0.15, 0.2) is 0 Å². The fourth-order valence-electron chi connectivity index (χ4n) is 0.986. The van der Waals surface area contributed by atoms with Crippen LogP contribution in [0.3, 0.4) is 0 Å². The Balaban J connectivity index is 2.09. The molecule has 0 saturated heterocycles. The molecular formula is C8H18O2Si. The van der Waals surface area contributed by atoms with E-state index in [1.807, 2.05) is 6.92 Å². The van der Waals surface area contributed by atoms with Crippen LogP contribution in [-0.4, -0.2) is 27.3 Å². The fraction of sp³-hybridized carbons (Fsp3) is 1.00. The Bertz CT molecular complexity index is 121. The molecule has 0 aromatic rings. The van der Waals surface area contributed by atoms with Crippen molar-refractivity contribution < 1.29 is 9.16 Å². The van der Waals surface area contributed by atoms with E-state index in [-0.39, 0.29) is 0 Å². The fourth-order valence-corrected chi connectivity index (χ4v) is 2.49. The summed E-state index contributed by atoms with van der Waals surface area (Å²) in [5.74, 6) is 0. The highest BCUT2D eigenvalue weighted by Gasteiger charge is 2.28. The van der Waals surface area contributed by atoms with Gasteiger partial charge in [-0.3, -0.25) is 0 Å². The smallest absolute Gasteiger partial charge is 0.211 e. The molecule has 2 nitrogen and oxygen atoms in total. The molecule has 1 rings (SSSR count). The highest BCUT2D eigenvalue weighted by Crippen LogP contribution is 2.24. The van der Waals surface area contributed by atoms with E-state index in [4.69, 9.17) is 9.16 Å². The lowest BCUT2D eigenvalue weighted by atomic mass is 10.8. The van der Waals surface area contributed by atoms with Gasteiger partial charge in [-0.05, 0) is 32.9 Å². The van der Waals surface area contributed by atoms with E-state index in [0.717, 1.165) is 12.8 Å². The van der Waals surface area contributed by atoms with Crippen LogP contribution in [-0.2, 0) is 9.16 Å². The predicted octanol–water partition coefficient (Wildman–Crippen LogP) is 1.95. The molecule has 0 heterocycles. The third-order valence-electron chi connectivity index (χ3n) is 1.73. The maximum absolute atomic E-state index is 5.62. The van der Waals surface area contributed by atoms with Crippen molar-refractivity contribution in [1.29, 1.82) is 0 Å². The lowest BCUT2D eigenvalue weighted by Crippen LogP contribution is -2.37. The third kappa shape index (κ3) is 3.89. The van der Waals surface area contributed by atoms with Crippen LogP contribution in [0, 0.1) is 0 Å². The van der Waals surface area contributed by atoms with E-state index in [0.29, 0.717) is 6.10 Å². The van der Waals surface area contributed by atoms with E-state index < -0.39 is 8.32 Å². The van der Waals surface area contributed by atoms with Crippen LogP contribution in [0.4, 0.5) is 0 Å². The van der Waals surface area contributed by atoms with E-state index in [1.54, 1.807) is 0 Å². The SMILES string of the molecule is CCO[Si](C)(C)COC1CC1. The highest BCUT2D eigenvalue weighted by molar-refractivity contribution is 6.71. The Morgan fingerprint density at radius 1 is 1.36 bits per heavy atom. The molecule has 1 aliphatic rings. The van der Waals surface area contributed by atoms with Crippen LogP contribution in [0.2, 0.25) is 13.1 Å². The molecule has 1 saturated carbocycles. The molecule has 0 amide bonds. The summed E-state index contributed by atoms with van der Waals surface area (Å²) in [6.45, 7) is 7.29. The zero-order chi connectivity index (χ0) is 8.32. The van der Waals surface area contributed by atoms with E-state index in [1.165, 1.54) is 12.8 Å². The molecule has 0 N–H and O–H groups in total. The molecule has 11 heavy (non-hydrogen) atoms. The number of hydrogen-bond donors (Lipinski definition) is 0. The molecule has 0 aliphatic heterocycles. The minimum absolute atomic E-state index is 0.572. The summed E-state index contributed by atoms with van der Waals surface area (Å²) in [6, 6.07) is 0. The first-order valence-corrected chi connectivity index (χ1v) is 7.51. The van der Waals surface area contributed by atoms with Crippen LogP contribution < -0.4 is 0 Å². The van der Waals surface area contributed by atoms with Gasteiger partial charge >= 0.3 is 0 Å². The monoisotopic (exact) mass is 174 g/mol. The van der Waals surface area contributed by atoms with E-state index in [9.17, 15) is 0 Å². The predicted molar refractivity (Wildman–Crippen MR) is 48.1 cm³/mol. The van der Waals surface area contributed by atoms with Crippen LogP contribution in [0.15, 0.2) is 0 Å². The van der Waals surface area contributed by atoms with Gasteiger partial charge in [-0.25, -0.2) is 0 Å². The number of ether oxygens (including phenoxy) is 1. The largest absolute Gasteiger partial charge is 0.415 e. The van der Waals surface area contributed by atoms with Gasteiger partial charge in [0.05, 0.1) is 12.3 Å². The quantitative estimate of drug-likeness (QED) is 0.593. The van der Waals surface area contributed by atoms with Crippen LogP contribution in [0.25, 0.3) is 0 Å². The molecule has 0 aromatic heterocycles. The molecular weight excluding hydrogens is 156 g/mol. The lowest BCUT2D eigenvalue weighted by Gasteiger charge is -2.21. The summed E-state index contributed by atoms with van der Waals surface area (Å²) in [4.78, 5) is 0. The molecule has 1 aliphatic carbocycles. The summed E-state index contributed by atoms with van der Waals surface area (Å²) in [5, 5.41) is 0. The topological polar surface area (TPSA) is 18.5 Å². The summed E-state index contributed by atoms with van der Waals surface area (Å²) >= 11 is 0. The standard InChI is InChI=1S/C8H18O2Si/c1-4-10-11(2,3)7-9-8-5-6-8/h8H,4-7H2,1-3H3. The molecule has 0 aromatic carbocycles. The normalized spacial score (nSPS) is 18.8. The summed E-state index contributed by atoms with van der Waals surface area (Å²) in [7, 11) is -1.45. The van der Waals surface area contributed by atoms with Crippen molar-refractivity contribution in [2.75, 3.05) is 12.8 Å². The summed E-state index contributed by atoms with van der Waals surface area (Å²) in [6.07, 6.45) is 3.96. The van der Waals surface area contributed by atoms with Gasteiger partial charge in [0.2, 0.25) is 8.32 Å². The first-order chi connectivity index (χ1) is 5.14. The van der Waals surface area contributed by atoms with Crippen LogP contribution in [0.1, 0.15) is 19.8 Å². The lowest BCUT2D eigenvalue weighted by molar-refractivity contribution is 0.141. The van der Waals surface area contributed by atoms with Gasteiger partial charge in [-0.2, -0.15) is 0 Å². The van der Waals surface area contributed by atoms with Gasteiger partial charge in [-0.15, -0.1) is 0 Å². The molecule has 1 fully saturated rings. The Morgan fingerprint density at radius 3 is 2.45 bits per heavy atom. The zero-order valence-electron chi connectivity index (χ0n) is 7.72. The van der Waals surface area contributed by atoms with Crippen molar-refractivity contribution in [3.63, 3.8) is 0 Å². The Morgan fingerprint density at radius 2 is 2.00 bits per heavy atom. The van der Waals surface area contributed by atoms with Crippen molar-refractivity contribution in [2.45, 2.75) is 39.0 Å². The third-order valence-corrected chi connectivity index (χ3v) is 3.66. The zero-order valence-corrected chi connectivity index (χ0v) is 8.72. The van der Waals surface area contributed by atoms with Crippen molar-refractivity contribution in [2.24, 2.45) is 0 Å². The van der Waals surface area contributed by atoms with E-state index >= 15 is 0 Å². The number of rotatable bonds is 5. The molecule has 66 valence electrons. The van der Waals surface area contributed by atoms with Gasteiger partial charge in [-0.1, -0.05) is 0 Å². The maximum Gasteiger partial charge on any atom is 0.211 e. The Hall–Kier alpha value is 0.137. The van der Waals surface area contributed by atoms with Crippen LogP contribution in [0.5, 0.6) is 0 Å². The van der Waals surface area contributed by atoms with Crippen molar-refractivity contribution in [1.82, 2.24) is 0 Å². The molecule has 3 heteroatoms. The molecule has 0 atom stereocenters. The summed E-state index contributed by atoms with van der Waals surface area (Å²) < 4.78 is 11.2. The maximum atomic E-state index is 5.62. The molecule has 0 unspecified atom stereocenters. The molecule has 0 spiro atoms. The highest BCUT2D eigenvalue weighted by atomic mass is 28.4. The van der Waals surface area contributed by atoms with Gasteiger partial charge in [0.1, 0.15) is 0 Å². The second-order valence-electron chi connectivity index (χ2n) is 3.70. The average molecular weight is 174 g/mol. The Kier molecular flexibility index (Phi) is 3.10.